The van der Waals surface area contributed by atoms with Crippen LogP contribution in [0, 0.1) is 0 Å². The third kappa shape index (κ3) is 9.73. The molecule has 3 atom stereocenters. The highest BCUT2D eigenvalue weighted by atomic mass is 32.2. The van der Waals surface area contributed by atoms with Crippen molar-refractivity contribution in [1.29, 1.82) is 0 Å². The average molecular weight is 903 g/mol. The summed E-state index contributed by atoms with van der Waals surface area (Å²) in [6.45, 7) is -0.00413. The Labute approximate surface area is 366 Å². The van der Waals surface area contributed by atoms with Gasteiger partial charge in [0, 0.05) is 41.6 Å². The maximum absolute atomic E-state index is 14.0. The minimum Gasteiger partial charge on any atom is -0.497 e. The monoisotopic (exact) mass is 902 g/mol. The van der Waals surface area contributed by atoms with E-state index < -0.39 is 44.5 Å². The molecular formula is C45H46N2O14S2. The Morgan fingerprint density at radius 2 is 1.22 bits per heavy atom. The molecule has 0 spiro atoms. The number of nitrogens with zero attached hydrogens (tertiary/aromatic N) is 2. The summed E-state index contributed by atoms with van der Waals surface area (Å²) in [6.07, 6.45) is 6.36. The number of hydrogen-bond acceptors (Lipinski definition) is 13. The molecule has 16 nitrogen and oxygen atoms in total. The SMILES string of the molecule is COc1ccc(C2=CN3C(=O)c4cc(OC)c(OCCCOc5cc6c(cc5CO)C(=O)N5C=C(c7ccc(OC)cc7)C[C@H]5C(S(=O)(=O)O)C6)cc4CC[C@@H]3C2)cc1.O=S(=O)=O. The van der Waals surface area contributed by atoms with Gasteiger partial charge in [0.15, 0.2) is 11.5 Å². The van der Waals surface area contributed by atoms with Gasteiger partial charge in [0.25, 0.3) is 21.9 Å². The minimum atomic E-state index is -4.59. The predicted octanol–water partition coefficient (Wildman–Crippen LogP) is 5.32. The molecule has 4 aliphatic rings. The Kier molecular flexibility index (Phi) is 13.5. The van der Waals surface area contributed by atoms with E-state index in [0.717, 1.165) is 46.4 Å². The van der Waals surface area contributed by atoms with E-state index in [-0.39, 0.29) is 43.6 Å². The molecule has 0 bridgehead atoms. The fourth-order valence-corrected chi connectivity index (χ4v) is 9.57. The Morgan fingerprint density at radius 3 is 1.79 bits per heavy atom. The third-order valence-corrected chi connectivity index (χ3v) is 13.0. The van der Waals surface area contributed by atoms with Gasteiger partial charge in [-0.2, -0.15) is 8.42 Å². The van der Waals surface area contributed by atoms with Crippen LogP contribution in [0.3, 0.4) is 0 Å². The topological polar surface area (TPSA) is 213 Å². The lowest BCUT2D eigenvalue weighted by Gasteiger charge is -2.26. The molecule has 0 fully saturated rings. The van der Waals surface area contributed by atoms with Crippen LogP contribution in [0.25, 0.3) is 11.1 Å². The molecule has 4 aromatic carbocycles. The van der Waals surface area contributed by atoms with Crippen molar-refractivity contribution in [3.8, 4) is 28.7 Å². The zero-order chi connectivity index (χ0) is 45.0. The summed E-state index contributed by atoms with van der Waals surface area (Å²) >= 11 is 0. The van der Waals surface area contributed by atoms with Crippen molar-refractivity contribution in [1.82, 2.24) is 9.80 Å². The molecule has 0 aliphatic carbocycles. The maximum atomic E-state index is 14.0. The van der Waals surface area contributed by atoms with Gasteiger partial charge in [-0.1, -0.05) is 24.3 Å². The molecule has 0 saturated heterocycles. The molecule has 2 amide bonds. The number of carbonyl (C=O) groups excluding carboxylic acids is 2. The number of methoxy groups -OCH3 is 3. The molecule has 0 aromatic heterocycles. The van der Waals surface area contributed by atoms with Crippen LogP contribution in [-0.4, -0.2) is 104 Å². The molecule has 4 aliphatic heterocycles. The van der Waals surface area contributed by atoms with Crippen molar-refractivity contribution < 1.29 is 64.0 Å². The van der Waals surface area contributed by atoms with Crippen LogP contribution in [0.4, 0.5) is 0 Å². The van der Waals surface area contributed by atoms with Gasteiger partial charge in [-0.25, -0.2) is 0 Å². The number of aryl methyl sites for hydroxylation is 1. The summed E-state index contributed by atoms with van der Waals surface area (Å²) < 4.78 is 89.9. The smallest absolute Gasteiger partial charge is 0.425 e. The first kappa shape index (κ1) is 44.8. The fourth-order valence-electron chi connectivity index (χ4n) is 8.55. The molecule has 4 heterocycles. The number of ether oxygens (including phenoxy) is 5. The highest BCUT2D eigenvalue weighted by molar-refractivity contribution is 7.86. The molecule has 18 heteroatoms. The van der Waals surface area contributed by atoms with Crippen molar-refractivity contribution in [2.24, 2.45) is 0 Å². The molecule has 4 aromatic rings. The first-order chi connectivity index (χ1) is 30.2. The van der Waals surface area contributed by atoms with Crippen LogP contribution in [0.15, 0.2) is 85.2 Å². The van der Waals surface area contributed by atoms with Crippen LogP contribution < -0.4 is 23.7 Å². The Morgan fingerprint density at radius 1 is 0.683 bits per heavy atom. The largest absolute Gasteiger partial charge is 0.497 e. The Hall–Kier alpha value is -6.21. The Balaban J connectivity index is 0.00000143. The number of rotatable bonds is 13. The minimum absolute atomic E-state index is 0.0419. The number of aliphatic hydroxyl groups excluding tert-OH is 1. The summed E-state index contributed by atoms with van der Waals surface area (Å²) in [6, 6.07) is 21.1. The standard InChI is InChI=1S/C45H46N2O11S.O3S/c1-54-35-11-6-27(7-12-35)31-17-34-10-5-29-20-42(41(56-3)23-38(29)44(49)46(34)24-31)58-16-4-15-57-40-21-30-22-43(59(51,52)53)39-19-32(28-8-13-36(55-2)14-9-28)25-47(39)45(50)37(30)18-33(40)26-48;1-4(2)3/h6-9,11-14,18,20-21,23-25,34,39,43,48H,4-5,10,15-17,19,22,26H2,1-3H3,(H,51,52,53);/t34-,39+,43?;/m1./s1. The van der Waals surface area contributed by atoms with E-state index in [1.54, 1.807) is 44.7 Å². The van der Waals surface area contributed by atoms with Crippen LogP contribution in [-0.2, 0) is 40.2 Å². The van der Waals surface area contributed by atoms with Gasteiger partial charge >= 0.3 is 10.6 Å². The van der Waals surface area contributed by atoms with Gasteiger partial charge in [-0.05, 0) is 114 Å². The maximum Gasteiger partial charge on any atom is 0.425 e. The van der Waals surface area contributed by atoms with E-state index in [0.29, 0.717) is 52.5 Å². The molecule has 0 saturated carbocycles. The lowest BCUT2D eigenvalue weighted by atomic mass is 9.96. The third-order valence-electron chi connectivity index (χ3n) is 11.7. The normalized spacial score (nSPS) is 18.8. The first-order valence-electron chi connectivity index (χ1n) is 20.0. The lowest BCUT2D eigenvalue weighted by molar-refractivity contribution is 0.0780. The van der Waals surface area contributed by atoms with E-state index in [9.17, 15) is 27.7 Å². The van der Waals surface area contributed by atoms with Gasteiger partial charge in [-0.15, -0.1) is 12.6 Å². The molecule has 1 unspecified atom stereocenters. The van der Waals surface area contributed by atoms with Crippen LogP contribution in [0.1, 0.15) is 74.2 Å². The summed E-state index contributed by atoms with van der Waals surface area (Å²) in [5.41, 5.74) is 6.18. The second-order valence-electron chi connectivity index (χ2n) is 15.3. The van der Waals surface area contributed by atoms with Crippen molar-refractivity contribution in [3.05, 3.63) is 124 Å². The zero-order valence-electron chi connectivity index (χ0n) is 34.7. The van der Waals surface area contributed by atoms with Crippen LogP contribution >= 0.6 is 0 Å². The van der Waals surface area contributed by atoms with Crippen molar-refractivity contribution in [2.75, 3.05) is 34.5 Å². The van der Waals surface area contributed by atoms with E-state index in [4.69, 9.17) is 36.3 Å². The van der Waals surface area contributed by atoms with Crippen molar-refractivity contribution in [2.45, 2.75) is 62.5 Å². The van der Waals surface area contributed by atoms with E-state index in [1.807, 2.05) is 53.6 Å². The lowest BCUT2D eigenvalue weighted by Crippen LogP contribution is -2.43. The first-order valence-corrected chi connectivity index (χ1v) is 22.5. The molecule has 8 rings (SSSR count). The highest BCUT2D eigenvalue weighted by Crippen LogP contribution is 2.42. The fraction of sp³-hybridized carbons (Fsp3) is 0.333. The number of hydrogen-bond donors (Lipinski definition) is 2. The van der Waals surface area contributed by atoms with Crippen molar-refractivity contribution >= 4 is 43.7 Å². The van der Waals surface area contributed by atoms with Gasteiger partial charge in [-0.3, -0.25) is 14.1 Å². The molecule has 63 heavy (non-hydrogen) atoms. The number of amides is 2. The number of carbonyl (C=O) groups is 2. The number of aliphatic hydroxyl groups is 1. The molecule has 332 valence electrons. The Bertz CT molecular complexity index is 2680. The zero-order valence-corrected chi connectivity index (χ0v) is 36.3. The van der Waals surface area contributed by atoms with E-state index in [2.05, 4.69) is 0 Å². The van der Waals surface area contributed by atoms with Gasteiger partial charge in [0.05, 0.1) is 47.2 Å². The summed E-state index contributed by atoms with van der Waals surface area (Å²) in [5.74, 6) is 2.18. The number of benzene rings is 4. The quantitative estimate of drug-likeness (QED) is 0.129. The van der Waals surface area contributed by atoms with Crippen LogP contribution in [0.5, 0.6) is 28.7 Å². The van der Waals surface area contributed by atoms with E-state index in [1.165, 1.54) is 18.1 Å². The second-order valence-corrected chi connectivity index (χ2v) is 17.3. The van der Waals surface area contributed by atoms with Crippen LogP contribution in [0.2, 0.25) is 0 Å². The molecule has 0 radical (unpaired) electrons. The summed E-state index contributed by atoms with van der Waals surface area (Å²) in [7, 11) is -2.97. The van der Waals surface area contributed by atoms with Gasteiger partial charge in [0.2, 0.25) is 0 Å². The predicted molar refractivity (Wildman–Crippen MR) is 229 cm³/mol. The second kappa shape index (κ2) is 19.0. The average Bonchev–Trinajstić information content (AvgIpc) is 3.86. The van der Waals surface area contributed by atoms with Crippen molar-refractivity contribution in [3.63, 3.8) is 0 Å². The van der Waals surface area contributed by atoms with E-state index >= 15 is 0 Å². The highest BCUT2D eigenvalue weighted by Gasteiger charge is 2.45. The number of fused-ring (bicyclic) bond motifs is 4. The molecule has 2 N–H and O–H groups in total. The van der Waals surface area contributed by atoms with Gasteiger partial charge < -0.3 is 38.6 Å². The molecular weight excluding hydrogens is 857 g/mol. The van der Waals surface area contributed by atoms with Gasteiger partial charge in [0.1, 0.15) is 22.5 Å². The summed E-state index contributed by atoms with van der Waals surface area (Å²) in [4.78, 5) is 31.1. The summed E-state index contributed by atoms with van der Waals surface area (Å²) in [5, 5.41) is 9.03.